The molecule has 1 aromatic carbocycles. The number of amides is 2. The van der Waals surface area contributed by atoms with E-state index in [1.165, 1.54) is 0 Å². The molecule has 1 aromatic heterocycles. The maximum absolute atomic E-state index is 12.5. The zero-order valence-electron chi connectivity index (χ0n) is 17.1. The van der Waals surface area contributed by atoms with E-state index >= 15 is 0 Å². The lowest BCUT2D eigenvalue weighted by Crippen LogP contribution is -2.27. The molecule has 10 heteroatoms. The minimum Gasteiger partial charge on any atom is -0.493 e. The largest absolute Gasteiger partial charge is 0.493 e. The molecule has 3 N–H and O–H groups in total. The van der Waals surface area contributed by atoms with E-state index in [0.717, 1.165) is 11.3 Å². The number of benzene rings is 1. The highest BCUT2D eigenvalue weighted by molar-refractivity contribution is 7.18. The molecular formula is C21H22N2O7S. The van der Waals surface area contributed by atoms with E-state index in [9.17, 15) is 19.2 Å². The SMILES string of the molecule is CCOC(=O)c1c(NC(=O)COC(=O)C2CCOc3ccccc32)sc(C(N)=O)c1C. The number of carbonyl (C=O) groups is 4. The van der Waals surface area contributed by atoms with Gasteiger partial charge in [0.05, 0.1) is 29.6 Å². The molecule has 2 aromatic rings. The summed E-state index contributed by atoms with van der Waals surface area (Å²) in [7, 11) is 0. The lowest BCUT2D eigenvalue weighted by molar-refractivity contribution is -0.149. The molecule has 0 spiro atoms. The second-order valence-electron chi connectivity index (χ2n) is 6.73. The van der Waals surface area contributed by atoms with Crippen molar-refractivity contribution in [3.8, 4) is 5.75 Å². The zero-order chi connectivity index (χ0) is 22.5. The normalized spacial score (nSPS) is 14.7. The molecule has 0 bridgehead atoms. The quantitative estimate of drug-likeness (QED) is 0.624. The number of carbonyl (C=O) groups excluding carboxylic acids is 4. The van der Waals surface area contributed by atoms with Gasteiger partial charge in [0.2, 0.25) is 0 Å². The number of esters is 2. The lowest BCUT2D eigenvalue weighted by Gasteiger charge is -2.24. The Bertz CT molecular complexity index is 1030. The number of para-hydroxylation sites is 1. The first kappa shape index (κ1) is 22.3. The third-order valence-corrected chi connectivity index (χ3v) is 5.91. The van der Waals surface area contributed by atoms with Gasteiger partial charge in [0.15, 0.2) is 6.61 Å². The Morgan fingerprint density at radius 1 is 1.23 bits per heavy atom. The van der Waals surface area contributed by atoms with Crippen molar-refractivity contribution >= 4 is 40.1 Å². The fourth-order valence-corrected chi connectivity index (χ4v) is 4.34. The van der Waals surface area contributed by atoms with Gasteiger partial charge in [-0.3, -0.25) is 14.4 Å². The summed E-state index contributed by atoms with van der Waals surface area (Å²) in [5.74, 6) is -2.52. The van der Waals surface area contributed by atoms with Gasteiger partial charge in [-0.2, -0.15) is 0 Å². The lowest BCUT2D eigenvalue weighted by atomic mass is 9.93. The van der Waals surface area contributed by atoms with Crippen LogP contribution in [0.25, 0.3) is 0 Å². The highest BCUT2D eigenvalue weighted by Gasteiger charge is 2.30. The molecule has 164 valence electrons. The molecule has 3 rings (SSSR count). The van der Waals surface area contributed by atoms with Gasteiger partial charge < -0.3 is 25.3 Å². The average Bonchev–Trinajstić information content (AvgIpc) is 3.07. The third kappa shape index (κ3) is 4.85. The van der Waals surface area contributed by atoms with Crippen LogP contribution in [0.3, 0.4) is 0 Å². The first-order valence-electron chi connectivity index (χ1n) is 9.62. The van der Waals surface area contributed by atoms with E-state index in [-0.39, 0.29) is 22.0 Å². The van der Waals surface area contributed by atoms with Crippen LogP contribution < -0.4 is 15.8 Å². The molecule has 9 nitrogen and oxygen atoms in total. The van der Waals surface area contributed by atoms with Gasteiger partial charge in [0.1, 0.15) is 10.8 Å². The average molecular weight is 446 g/mol. The Morgan fingerprint density at radius 3 is 2.68 bits per heavy atom. The summed E-state index contributed by atoms with van der Waals surface area (Å²) in [5, 5.41) is 2.63. The molecule has 0 fully saturated rings. The number of nitrogens with two attached hydrogens (primary N) is 1. The predicted molar refractivity (Wildman–Crippen MR) is 112 cm³/mol. The Labute approximate surface area is 182 Å². The number of thiophene rings is 1. The second-order valence-corrected chi connectivity index (χ2v) is 7.75. The molecule has 2 heterocycles. The summed E-state index contributed by atoms with van der Waals surface area (Å²) in [6.45, 7) is 3.12. The fraction of sp³-hybridized carbons (Fsp3) is 0.333. The van der Waals surface area contributed by atoms with Crippen LogP contribution in [0.4, 0.5) is 5.00 Å². The number of fused-ring (bicyclic) bond motifs is 1. The van der Waals surface area contributed by atoms with Crippen molar-refractivity contribution in [2.75, 3.05) is 25.1 Å². The number of hydrogen-bond donors (Lipinski definition) is 2. The number of anilines is 1. The number of hydrogen-bond acceptors (Lipinski definition) is 8. The van der Waals surface area contributed by atoms with Crippen LogP contribution in [0, 0.1) is 6.92 Å². The number of ether oxygens (including phenoxy) is 3. The van der Waals surface area contributed by atoms with Crippen molar-refractivity contribution in [1.29, 1.82) is 0 Å². The summed E-state index contributed by atoms with van der Waals surface area (Å²) in [6.07, 6.45) is 0.441. The van der Waals surface area contributed by atoms with Crippen molar-refractivity contribution in [3.05, 3.63) is 45.8 Å². The maximum atomic E-state index is 12.5. The first-order chi connectivity index (χ1) is 14.8. The van der Waals surface area contributed by atoms with Crippen LogP contribution in [0.2, 0.25) is 0 Å². The van der Waals surface area contributed by atoms with Crippen LogP contribution in [0.5, 0.6) is 5.75 Å². The van der Waals surface area contributed by atoms with Gasteiger partial charge in [-0.25, -0.2) is 4.79 Å². The van der Waals surface area contributed by atoms with Crippen molar-refractivity contribution in [1.82, 2.24) is 0 Å². The minimum atomic E-state index is -0.724. The molecule has 0 radical (unpaired) electrons. The predicted octanol–water partition coefficient (Wildman–Crippen LogP) is 2.38. The summed E-state index contributed by atoms with van der Waals surface area (Å²) in [4.78, 5) is 49.0. The van der Waals surface area contributed by atoms with E-state index in [1.54, 1.807) is 32.0 Å². The molecule has 0 aliphatic carbocycles. The first-order valence-corrected chi connectivity index (χ1v) is 10.4. The van der Waals surface area contributed by atoms with Gasteiger partial charge in [0, 0.05) is 5.56 Å². The maximum Gasteiger partial charge on any atom is 0.341 e. The third-order valence-electron chi connectivity index (χ3n) is 4.69. The molecule has 1 aliphatic heterocycles. The fourth-order valence-electron chi connectivity index (χ4n) is 3.27. The van der Waals surface area contributed by atoms with Crippen molar-refractivity contribution in [2.45, 2.75) is 26.2 Å². The highest BCUT2D eigenvalue weighted by atomic mass is 32.1. The molecule has 2 amide bonds. The monoisotopic (exact) mass is 446 g/mol. The van der Waals surface area contributed by atoms with E-state index in [4.69, 9.17) is 19.9 Å². The van der Waals surface area contributed by atoms with Gasteiger partial charge in [0.25, 0.3) is 11.8 Å². The highest BCUT2D eigenvalue weighted by Crippen LogP contribution is 2.35. The summed E-state index contributed by atoms with van der Waals surface area (Å²) in [5.41, 5.74) is 6.44. The number of rotatable bonds is 7. The van der Waals surface area contributed by atoms with Gasteiger partial charge in [-0.1, -0.05) is 18.2 Å². The van der Waals surface area contributed by atoms with Crippen LogP contribution in [0.1, 0.15) is 50.4 Å². The summed E-state index contributed by atoms with van der Waals surface area (Å²) in [6, 6.07) is 7.16. The topological polar surface area (TPSA) is 134 Å². The van der Waals surface area contributed by atoms with Crippen LogP contribution in [-0.4, -0.2) is 43.6 Å². The Kier molecular flexibility index (Phi) is 6.91. The Hall–Kier alpha value is -3.40. The van der Waals surface area contributed by atoms with Crippen LogP contribution >= 0.6 is 11.3 Å². The standard InChI is InChI=1S/C21H22N2O7S/c1-3-28-21(27)16-11(2)17(18(22)25)31-19(16)23-15(24)10-30-20(26)13-8-9-29-14-7-5-4-6-12(13)14/h4-7,13H,3,8-10H2,1-2H3,(H2,22,25)(H,23,24). The summed E-state index contributed by atoms with van der Waals surface area (Å²) >= 11 is 0.865. The van der Waals surface area contributed by atoms with E-state index in [1.807, 2.05) is 6.07 Å². The van der Waals surface area contributed by atoms with E-state index in [2.05, 4.69) is 5.32 Å². The molecule has 1 atom stereocenters. The van der Waals surface area contributed by atoms with E-state index in [0.29, 0.717) is 29.9 Å². The molecule has 31 heavy (non-hydrogen) atoms. The number of nitrogens with one attached hydrogen (secondary N) is 1. The Balaban J connectivity index is 1.69. The van der Waals surface area contributed by atoms with Crippen LogP contribution in [-0.2, 0) is 19.1 Å². The second kappa shape index (κ2) is 9.61. The summed E-state index contributed by atoms with van der Waals surface area (Å²) < 4.78 is 15.7. The zero-order valence-corrected chi connectivity index (χ0v) is 17.9. The van der Waals surface area contributed by atoms with Crippen molar-refractivity contribution in [2.24, 2.45) is 5.73 Å². The Morgan fingerprint density at radius 2 is 1.97 bits per heavy atom. The van der Waals surface area contributed by atoms with Crippen LogP contribution in [0.15, 0.2) is 24.3 Å². The van der Waals surface area contributed by atoms with Gasteiger partial charge in [-0.05, 0) is 31.9 Å². The van der Waals surface area contributed by atoms with Gasteiger partial charge in [-0.15, -0.1) is 11.3 Å². The molecular weight excluding hydrogens is 424 g/mol. The van der Waals surface area contributed by atoms with E-state index < -0.39 is 36.3 Å². The molecule has 0 saturated heterocycles. The van der Waals surface area contributed by atoms with Crippen molar-refractivity contribution in [3.63, 3.8) is 0 Å². The smallest absolute Gasteiger partial charge is 0.341 e. The minimum absolute atomic E-state index is 0.0543. The molecule has 0 saturated carbocycles. The van der Waals surface area contributed by atoms with Crippen molar-refractivity contribution < 1.29 is 33.4 Å². The number of primary amides is 1. The molecule has 1 unspecified atom stereocenters. The molecule has 1 aliphatic rings. The van der Waals surface area contributed by atoms with Gasteiger partial charge >= 0.3 is 11.9 Å².